The number of nitrogens with zero attached hydrogens (tertiary/aromatic N) is 3. The van der Waals surface area contributed by atoms with Gasteiger partial charge in [0.05, 0.1) is 24.5 Å². The molecular weight excluding hydrogens is 316 g/mol. The summed E-state index contributed by atoms with van der Waals surface area (Å²) in [5.74, 6) is -0.488. The van der Waals surface area contributed by atoms with Gasteiger partial charge in [0.1, 0.15) is 0 Å². The molecule has 3 rings (SSSR count). The van der Waals surface area contributed by atoms with Gasteiger partial charge in [-0.2, -0.15) is 5.10 Å². The fourth-order valence-electron chi connectivity index (χ4n) is 2.52. The maximum atomic E-state index is 10.8. The zero-order chi connectivity index (χ0) is 17.8. The average molecular weight is 334 g/mol. The van der Waals surface area contributed by atoms with E-state index in [1.807, 2.05) is 55.5 Å². The van der Waals surface area contributed by atoms with Crippen molar-refractivity contribution in [3.05, 3.63) is 71.5 Å². The minimum absolute atomic E-state index is 0.0182. The van der Waals surface area contributed by atoms with Gasteiger partial charge in [-0.3, -0.25) is 4.79 Å². The molecule has 0 atom stereocenters. The van der Waals surface area contributed by atoms with Gasteiger partial charge in [-0.25, -0.2) is 9.66 Å². The molecule has 0 spiro atoms. The van der Waals surface area contributed by atoms with Crippen molar-refractivity contribution in [1.29, 1.82) is 0 Å². The lowest BCUT2D eigenvalue weighted by Crippen LogP contribution is -1.99. The Labute approximate surface area is 145 Å². The topological polar surface area (TPSA) is 93.5 Å². The molecule has 0 amide bonds. The molecule has 1 heterocycles. The lowest BCUT2D eigenvalue weighted by molar-refractivity contribution is -0.136. The summed E-state index contributed by atoms with van der Waals surface area (Å²) < 4.78 is 1.53. The molecule has 6 heteroatoms. The van der Waals surface area contributed by atoms with Gasteiger partial charge in [0.15, 0.2) is 0 Å². The van der Waals surface area contributed by atoms with Gasteiger partial charge in [0.25, 0.3) is 0 Å². The van der Waals surface area contributed by atoms with E-state index in [1.54, 1.807) is 12.4 Å². The number of hydrogen-bond acceptors (Lipinski definition) is 4. The minimum Gasteiger partial charge on any atom is -0.481 e. The molecule has 6 nitrogen and oxygen atoms in total. The second-order valence-electron chi connectivity index (χ2n) is 5.72. The fourth-order valence-corrected chi connectivity index (χ4v) is 2.52. The third-order valence-corrected chi connectivity index (χ3v) is 3.69. The van der Waals surface area contributed by atoms with E-state index in [4.69, 9.17) is 10.8 Å². The van der Waals surface area contributed by atoms with Crippen molar-refractivity contribution in [2.24, 2.45) is 5.10 Å². The number of aryl methyl sites for hydroxylation is 1. The van der Waals surface area contributed by atoms with Crippen LogP contribution in [-0.2, 0) is 11.2 Å². The Kier molecular flexibility index (Phi) is 4.61. The Morgan fingerprint density at radius 1 is 1.24 bits per heavy atom. The molecule has 3 aromatic rings. The summed E-state index contributed by atoms with van der Waals surface area (Å²) in [6, 6.07) is 15.4. The maximum Gasteiger partial charge on any atom is 0.307 e. The second kappa shape index (κ2) is 7.00. The van der Waals surface area contributed by atoms with Gasteiger partial charge < -0.3 is 10.8 Å². The van der Waals surface area contributed by atoms with Crippen molar-refractivity contribution in [1.82, 2.24) is 9.66 Å². The molecule has 3 N–H and O–H groups in total. The summed E-state index contributed by atoms with van der Waals surface area (Å²) in [6.07, 6.45) is 3.49. The van der Waals surface area contributed by atoms with Gasteiger partial charge in [0, 0.05) is 0 Å². The first kappa shape index (κ1) is 16.4. The maximum absolute atomic E-state index is 10.8. The number of aromatic nitrogens is 2. The number of imidazole rings is 1. The number of carbonyl (C=O) groups is 1. The van der Waals surface area contributed by atoms with Crippen LogP contribution in [0.1, 0.15) is 16.8 Å². The Morgan fingerprint density at radius 3 is 2.64 bits per heavy atom. The van der Waals surface area contributed by atoms with E-state index in [0.717, 1.165) is 27.9 Å². The van der Waals surface area contributed by atoms with Crippen LogP contribution in [0.2, 0.25) is 0 Å². The van der Waals surface area contributed by atoms with Gasteiger partial charge in [-0.05, 0) is 29.2 Å². The van der Waals surface area contributed by atoms with E-state index in [2.05, 4.69) is 10.1 Å². The first-order valence-corrected chi connectivity index (χ1v) is 7.78. The highest BCUT2D eigenvalue weighted by atomic mass is 16.4. The molecule has 126 valence electrons. The zero-order valence-electron chi connectivity index (χ0n) is 13.8. The van der Waals surface area contributed by atoms with E-state index in [-0.39, 0.29) is 6.42 Å². The van der Waals surface area contributed by atoms with Gasteiger partial charge in [-0.15, -0.1) is 0 Å². The summed E-state index contributed by atoms with van der Waals surface area (Å²) >= 11 is 0. The van der Waals surface area contributed by atoms with Crippen molar-refractivity contribution >= 4 is 18.1 Å². The Morgan fingerprint density at radius 2 is 2.00 bits per heavy atom. The number of aliphatic carboxylic acids is 1. The molecule has 0 unspecified atom stereocenters. The zero-order valence-corrected chi connectivity index (χ0v) is 13.8. The second-order valence-corrected chi connectivity index (χ2v) is 5.72. The molecule has 0 aliphatic carbocycles. The number of nitrogens with two attached hydrogens (primary N) is 1. The summed E-state index contributed by atoms with van der Waals surface area (Å²) in [6.45, 7) is 1.86. The van der Waals surface area contributed by atoms with Crippen LogP contribution in [-0.4, -0.2) is 27.0 Å². The molecule has 25 heavy (non-hydrogen) atoms. The first-order valence-electron chi connectivity index (χ1n) is 7.78. The predicted octanol–water partition coefficient (Wildman–Crippen LogP) is 2.95. The van der Waals surface area contributed by atoms with Crippen molar-refractivity contribution in [2.45, 2.75) is 13.3 Å². The van der Waals surface area contributed by atoms with Crippen molar-refractivity contribution in [3.8, 4) is 11.1 Å². The molecule has 0 aliphatic rings. The SMILES string of the molecule is Cc1cn(N=Cc2ccc(-c3cccc(CC(=O)O)c3)cc2)c(N)n1. The number of benzene rings is 2. The van der Waals surface area contributed by atoms with Gasteiger partial charge >= 0.3 is 5.97 Å². The predicted molar refractivity (Wildman–Crippen MR) is 97.6 cm³/mol. The van der Waals surface area contributed by atoms with E-state index >= 15 is 0 Å². The number of carboxylic acids is 1. The summed E-state index contributed by atoms with van der Waals surface area (Å²) in [4.78, 5) is 14.9. The molecule has 0 bridgehead atoms. The molecule has 0 fully saturated rings. The van der Waals surface area contributed by atoms with Crippen LogP contribution in [0.25, 0.3) is 11.1 Å². The number of hydrogen-bond donors (Lipinski definition) is 2. The molecule has 0 radical (unpaired) electrons. The number of anilines is 1. The lowest BCUT2D eigenvalue weighted by atomic mass is 10.0. The van der Waals surface area contributed by atoms with Crippen LogP contribution in [0, 0.1) is 6.92 Å². The van der Waals surface area contributed by atoms with E-state index in [1.165, 1.54) is 4.68 Å². The van der Waals surface area contributed by atoms with E-state index in [0.29, 0.717) is 5.95 Å². The summed E-state index contributed by atoms with van der Waals surface area (Å²) in [7, 11) is 0. The minimum atomic E-state index is -0.835. The van der Waals surface area contributed by atoms with Crippen LogP contribution < -0.4 is 5.73 Å². The van der Waals surface area contributed by atoms with Gasteiger partial charge in [0.2, 0.25) is 5.95 Å². The quantitative estimate of drug-likeness (QED) is 0.702. The third-order valence-electron chi connectivity index (χ3n) is 3.69. The van der Waals surface area contributed by atoms with Crippen LogP contribution in [0.4, 0.5) is 5.95 Å². The number of carboxylic acid groups (broad SMARTS) is 1. The normalized spacial score (nSPS) is 11.1. The largest absolute Gasteiger partial charge is 0.481 e. The monoisotopic (exact) mass is 334 g/mol. The molecule has 0 saturated heterocycles. The average Bonchev–Trinajstić information content (AvgIpc) is 2.90. The number of nitrogen functional groups attached to an aromatic ring is 1. The van der Waals surface area contributed by atoms with E-state index < -0.39 is 5.97 Å². The highest BCUT2D eigenvalue weighted by molar-refractivity contribution is 5.81. The Bertz CT molecular complexity index is 927. The highest BCUT2D eigenvalue weighted by Crippen LogP contribution is 2.21. The van der Waals surface area contributed by atoms with Crippen LogP contribution in [0.15, 0.2) is 59.8 Å². The smallest absolute Gasteiger partial charge is 0.307 e. The lowest BCUT2D eigenvalue weighted by Gasteiger charge is -2.05. The highest BCUT2D eigenvalue weighted by Gasteiger charge is 2.03. The first-order chi connectivity index (χ1) is 12.0. The summed E-state index contributed by atoms with van der Waals surface area (Å²) in [5.41, 5.74) is 10.3. The third kappa shape index (κ3) is 4.11. The van der Waals surface area contributed by atoms with Crippen molar-refractivity contribution in [3.63, 3.8) is 0 Å². The molecular formula is C19H18N4O2. The van der Waals surface area contributed by atoms with Gasteiger partial charge in [-0.1, -0.05) is 48.5 Å². The van der Waals surface area contributed by atoms with Crippen molar-refractivity contribution < 1.29 is 9.90 Å². The van der Waals surface area contributed by atoms with Crippen LogP contribution in [0.5, 0.6) is 0 Å². The Hall–Kier alpha value is -3.41. The molecule has 1 aromatic heterocycles. The van der Waals surface area contributed by atoms with Crippen LogP contribution >= 0.6 is 0 Å². The number of rotatable bonds is 5. The summed E-state index contributed by atoms with van der Waals surface area (Å²) in [5, 5.41) is 13.2. The molecule has 2 aromatic carbocycles. The van der Waals surface area contributed by atoms with Crippen molar-refractivity contribution in [2.75, 3.05) is 5.73 Å². The molecule has 0 saturated carbocycles. The van der Waals surface area contributed by atoms with Crippen LogP contribution in [0.3, 0.4) is 0 Å². The fraction of sp³-hybridized carbons (Fsp3) is 0.105. The Balaban J connectivity index is 1.78. The standard InChI is InChI=1S/C19H18N4O2/c1-13-12-23(19(20)22-13)21-11-14-5-7-16(8-6-14)17-4-2-3-15(9-17)10-18(24)25/h2-9,11-12H,10H2,1H3,(H2,20,22)(H,24,25). The molecule has 0 aliphatic heterocycles. The van der Waals surface area contributed by atoms with E-state index in [9.17, 15) is 4.79 Å².